The Morgan fingerprint density at radius 1 is 1.50 bits per heavy atom. The van der Waals surface area contributed by atoms with E-state index >= 15 is 0 Å². The Labute approximate surface area is 76.0 Å². The van der Waals surface area contributed by atoms with Crippen LogP contribution in [0.1, 0.15) is 5.69 Å². The average molecular weight is 184 g/mol. The summed E-state index contributed by atoms with van der Waals surface area (Å²) in [6, 6.07) is 0. The number of morpholine rings is 1. The molecule has 0 radical (unpaired) electrons. The van der Waals surface area contributed by atoms with Crippen LogP contribution in [0.5, 0.6) is 0 Å². The summed E-state index contributed by atoms with van der Waals surface area (Å²) in [6.45, 7) is 4.79. The van der Waals surface area contributed by atoms with Crippen LogP contribution in [-0.4, -0.2) is 36.2 Å². The summed E-state index contributed by atoms with van der Waals surface area (Å²) in [7, 11) is 0. The van der Waals surface area contributed by atoms with Crippen molar-refractivity contribution in [3.8, 4) is 0 Å². The Morgan fingerprint density at radius 3 is 3.00 bits per heavy atom. The van der Waals surface area contributed by atoms with Gasteiger partial charge in [0.15, 0.2) is 0 Å². The summed E-state index contributed by atoms with van der Waals surface area (Å²) >= 11 is 1.66. The third-order valence-electron chi connectivity index (χ3n) is 1.97. The van der Waals surface area contributed by atoms with Crippen LogP contribution in [0.4, 0.5) is 0 Å². The molecule has 0 unspecified atom stereocenters. The lowest BCUT2D eigenvalue weighted by Crippen LogP contribution is -2.35. The minimum Gasteiger partial charge on any atom is -0.379 e. The summed E-state index contributed by atoms with van der Waals surface area (Å²) < 4.78 is 5.26. The zero-order valence-electron chi connectivity index (χ0n) is 6.90. The van der Waals surface area contributed by atoms with Gasteiger partial charge < -0.3 is 4.74 Å². The fourth-order valence-corrected chi connectivity index (χ4v) is 1.85. The Morgan fingerprint density at radius 2 is 2.33 bits per heavy atom. The third kappa shape index (κ3) is 2.03. The molecule has 12 heavy (non-hydrogen) atoms. The van der Waals surface area contributed by atoms with Gasteiger partial charge in [-0.15, -0.1) is 11.3 Å². The smallest absolute Gasteiger partial charge is 0.0795 e. The van der Waals surface area contributed by atoms with E-state index < -0.39 is 0 Å². The Kier molecular flexibility index (Phi) is 2.71. The first kappa shape index (κ1) is 8.16. The van der Waals surface area contributed by atoms with Gasteiger partial charge in [0.2, 0.25) is 0 Å². The molecule has 4 heteroatoms. The van der Waals surface area contributed by atoms with Gasteiger partial charge >= 0.3 is 0 Å². The van der Waals surface area contributed by atoms with Gasteiger partial charge in [-0.1, -0.05) is 0 Å². The van der Waals surface area contributed by atoms with Gasteiger partial charge in [-0.25, -0.2) is 4.98 Å². The SMILES string of the molecule is c1nc(CN2CCOCC2)cs1. The molecule has 0 N–H and O–H groups in total. The molecule has 0 atom stereocenters. The van der Waals surface area contributed by atoms with Gasteiger partial charge in [-0.3, -0.25) is 4.90 Å². The fourth-order valence-electron chi connectivity index (χ4n) is 1.30. The molecule has 0 bridgehead atoms. The maximum atomic E-state index is 5.26. The van der Waals surface area contributed by atoms with Crippen molar-refractivity contribution in [3.63, 3.8) is 0 Å². The first-order chi connectivity index (χ1) is 5.95. The summed E-state index contributed by atoms with van der Waals surface area (Å²) in [6.07, 6.45) is 0. The van der Waals surface area contributed by atoms with Crippen LogP contribution < -0.4 is 0 Å². The van der Waals surface area contributed by atoms with Crippen LogP contribution in [0.2, 0.25) is 0 Å². The molecule has 1 saturated heterocycles. The van der Waals surface area contributed by atoms with Crippen LogP contribution in [0.25, 0.3) is 0 Å². The van der Waals surface area contributed by atoms with Crippen molar-refractivity contribution in [3.05, 3.63) is 16.6 Å². The van der Waals surface area contributed by atoms with Gasteiger partial charge in [-0.2, -0.15) is 0 Å². The second-order valence-electron chi connectivity index (χ2n) is 2.87. The molecule has 1 aliphatic rings. The van der Waals surface area contributed by atoms with Crippen LogP contribution in [0.3, 0.4) is 0 Å². The quantitative estimate of drug-likeness (QED) is 0.685. The first-order valence-corrected chi connectivity index (χ1v) is 5.06. The first-order valence-electron chi connectivity index (χ1n) is 4.12. The molecule has 0 saturated carbocycles. The predicted molar refractivity (Wildman–Crippen MR) is 48.2 cm³/mol. The highest BCUT2D eigenvalue weighted by molar-refractivity contribution is 7.07. The highest BCUT2D eigenvalue weighted by atomic mass is 32.1. The van der Waals surface area contributed by atoms with E-state index in [2.05, 4.69) is 15.3 Å². The maximum Gasteiger partial charge on any atom is 0.0795 e. The molecular weight excluding hydrogens is 172 g/mol. The molecule has 3 nitrogen and oxygen atoms in total. The minimum absolute atomic E-state index is 0.865. The lowest BCUT2D eigenvalue weighted by atomic mass is 10.4. The van der Waals surface area contributed by atoms with E-state index in [9.17, 15) is 0 Å². The standard InChI is InChI=1S/C8H12N2OS/c1-3-11-4-2-10(1)5-8-6-12-7-9-8/h6-7H,1-5H2. The summed E-state index contributed by atoms with van der Waals surface area (Å²) in [5.74, 6) is 0. The van der Waals surface area contributed by atoms with Crippen LogP contribution >= 0.6 is 11.3 Å². The summed E-state index contributed by atoms with van der Waals surface area (Å²) in [5.41, 5.74) is 3.07. The van der Waals surface area contributed by atoms with Crippen molar-refractivity contribution in [1.29, 1.82) is 0 Å². The van der Waals surface area contributed by atoms with E-state index in [4.69, 9.17) is 4.74 Å². The van der Waals surface area contributed by atoms with Gasteiger partial charge in [0.05, 0.1) is 24.4 Å². The van der Waals surface area contributed by atoms with Gasteiger partial charge in [0.1, 0.15) is 0 Å². The number of ether oxygens (including phenoxy) is 1. The number of nitrogens with zero attached hydrogens (tertiary/aromatic N) is 2. The maximum absolute atomic E-state index is 5.26. The van der Waals surface area contributed by atoms with Crippen molar-refractivity contribution >= 4 is 11.3 Å². The summed E-state index contributed by atoms with van der Waals surface area (Å²) in [5, 5.41) is 2.11. The Balaban J connectivity index is 1.86. The average Bonchev–Trinajstić information content (AvgIpc) is 2.59. The second kappa shape index (κ2) is 3.98. The molecule has 0 aromatic carbocycles. The largest absolute Gasteiger partial charge is 0.379 e. The van der Waals surface area contributed by atoms with Crippen LogP contribution in [-0.2, 0) is 11.3 Å². The highest BCUT2D eigenvalue weighted by Crippen LogP contribution is 2.06. The molecule has 0 spiro atoms. The number of thiazole rings is 1. The lowest BCUT2D eigenvalue weighted by molar-refractivity contribution is 0.0337. The van der Waals surface area contributed by atoms with Gasteiger partial charge in [-0.05, 0) is 0 Å². The van der Waals surface area contributed by atoms with Crippen molar-refractivity contribution in [2.45, 2.75) is 6.54 Å². The monoisotopic (exact) mass is 184 g/mol. The number of hydrogen-bond acceptors (Lipinski definition) is 4. The fraction of sp³-hybridized carbons (Fsp3) is 0.625. The predicted octanol–water partition coefficient (Wildman–Crippen LogP) is 0.975. The van der Waals surface area contributed by atoms with E-state index in [-0.39, 0.29) is 0 Å². The highest BCUT2D eigenvalue weighted by Gasteiger charge is 2.10. The van der Waals surface area contributed by atoms with Crippen LogP contribution in [0.15, 0.2) is 10.9 Å². The zero-order valence-corrected chi connectivity index (χ0v) is 7.72. The Hall–Kier alpha value is -0.450. The third-order valence-corrected chi connectivity index (χ3v) is 2.61. The topological polar surface area (TPSA) is 25.4 Å². The molecule has 1 aromatic heterocycles. The van der Waals surface area contributed by atoms with E-state index in [0.717, 1.165) is 32.8 Å². The van der Waals surface area contributed by atoms with Crippen molar-refractivity contribution < 1.29 is 4.74 Å². The van der Waals surface area contributed by atoms with E-state index in [0.29, 0.717) is 0 Å². The molecular formula is C8H12N2OS. The van der Waals surface area contributed by atoms with Crippen molar-refractivity contribution in [2.24, 2.45) is 0 Å². The molecule has 66 valence electrons. The molecule has 0 aliphatic carbocycles. The number of hydrogen-bond donors (Lipinski definition) is 0. The van der Waals surface area contributed by atoms with Gasteiger partial charge in [0, 0.05) is 25.0 Å². The van der Waals surface area contributed by atoms with Gasteiger partial charge in [0.25, 0.3) is 0 Å². The van der Waals surface area contributed by atoms with Crippen molar-refractivity contribution in [2.75, 3.05) is 26.3 Å². The normalized spacial score (nSPS) is 19.7. The molecule has 1 aromatic rings. The van der Waals surface area contributed by atoms with E-state index in [1.807, 2.05) is 5.51 Å². The zero-order chi connectivity index (χ0) is 8.23. The molecule has 2 rings (SSSR count). The van der Waals surface area contributed by atoms with Crippen LogP contribution in [0, 0.1) is 0 Å². The summed E-state index contributed by atoms with van der Waals surface area (Å²) in [4.78, 5) is 6.62. The molecule has 1 fully saturated rings. The molecule has 0 amide bonds. The number of rotatable bonds is 2. The Bertz CT molecular complexity index is 219. The second-order valence-corrected chi connectivity index (χ2v) is 3.59. The molecule has 1 aliphatic heterocycles. The van der Waals surface area contributed by atoms with E-state index in [1.165, 1.54) is 5.69 Å². The van der Waals surface area contributed by atoms with Crippen molar-refractivity contribution in [1.82, 2.24) is 9.88 Å². The lowest BCUT2D eigenvalue weighted by Gasteiger charge is -2.25. The minimum atomic E-state index is 0.865. The van der Waals surface area contributed by atoms with E-state index in [1.54, 1.807) is 11.3 Å². The molecule has 2 heterocycles. The number of aromatic nitrogens is 1.